The first-order valence-corrected chi connectivity index (χ1v) is 11.4. The first-order valence-electron chi connectivity index (χ1n) is 10.0. The van der Waals surface area contributed by atoms with Crippen LogP contribution in [0.4, 0.5) is 4.39 Å². The van der Waals surface area contributed by atoms with E-state index >= 15 is 0 Å². The third-order valence-electron chi connectivity index (χ3n) is 4.81. The first kappa shape index (κ1) is 24.2. The van der Waals surface area contributed by atoms with Crippen molar-refractivity contribution < 1.29 is 31.3 Å². The van der Waals surface area contributed by atoms with Crippen molar-refractivity contribution in [3.8, 4) is 11.5 Å². The molecule has 0 radical (unpaired) electrons. The quantitative estimate of drug-likeness (QED) is 0.416. The average molecular weight is 474 g/mol. The number of halogens is 1. The van der Waals surface area contributed by atoms with Gasteiger partial charge in [0.25, 0.3) is 5.91 Å². The highest BCUT2D eigenvalue weighted by Crippen LogP contribution is 2.22. The monoisotopic (exact) mass is 473 g/mol. The molecule has 3 rings (SSSR count). The molecule has 0 aliphatic carbocycles. The van der Waals surface area contributed by atoms with Crippen molar-refractivity contribution in [2.24, 2.45) is 0 Å². The molecule has 0 saturated carbocycles. The van der Waals surface area contributed by atoms with E-state index in [4.69, 9.17) is 13.7 Å². The molecule has 0 unspecified atom stereocenters. The van der Waals surface area contributed by atoms with Crippen LogP contribution in [0.25, 0.3) is 0 Å². The minimum absolute atomic E-state index is 0.00592. The third-order valence-corrected chi connectivity index (χ3v) is 6.07. The maximum atomic E-state index is 14.1. The second-order valence-corrected chi connectivity index (χ2v) is 8.60. The highest BCUT2D eigenvalue weighted by atomic mass is 32.2. The van der Waals surface area contributed by atoms with Crippen LogP contribution in [0.2, 0.25) is 0 Å². The van der Waals surface area contributed by atoms with E-state index in [9.17, 15) is 17.6 Å². The number of rotatable bonds is 10. The molecule has 0 bridgehead atoms. The Balaban J connectivity index is 1.73. The van der Waals surface area contributed by atoms with Crippen molar-refractivity contribution >= 4 is 16.0 Å². The van der Waals surface area contributed by atoms with Gasteiger partial charge in [-0.1, -0.05) is 24.3 Å². The highest BCUT2D eigenvalue weighted by Gasteiger charge is 2.20. The van der Waals surface area contributed by atoms with Crippen molar-refractivity contribution in [1.29, 1.82) is 0 Å². The molecule has 174 valence electrons. The second-order valence-electron chi connectivity index (χ2n) is 7.06. The minimum atomic E-state index is -4.02. The van der Waals surface area contributed by atoms with Gasteiger partial charge in [-0.25, -0.2) is 4.39 Å². The summed E-state index contributed by atoms with van der Waals surface area (Å²) in [5, 5.41) is 0. The average Bonchev–Trinajstić information content (AvgIpc) is 2.82. The fourth-order valence-corrected chi connectivity index (χ4v) is 3.98. The molecule has 0 fully saturated rings. The van der Waals surface area contributed by atoms with Crippen LogP contribution in [0.3, 0.4) is 0 Å². The lowest BCUT2D eigenvalue weighted by Gasteiger charge is -2.23. The Morgan fingerprint density at radius 1 is 0.909 bits per heavy atom. The Morgan fingerprint density at radius 2 is 1.55 bits per heavy atom. The number of ether oxygens (including phenoxy) is 2. The van der Waals surface area contributed by atoms with E-state index in [1.165, 1.54) is 73.7 Å². The van der Waals surface area contributed by atoms with Crippen LogP contribution in [0.15, 0.2) is 77.7 Å². The molecule has 0 aliphatic heterocycles. The summed E-state index contributed by atoms with van der Waals surface area (Å²) in [5.74, 6) is -0.412. The van der Waals surface area contributed by atoms with E-state index in [1.807, 2.05) is 0 Å². The van der Waals surface area contributed by atoms with Crippen molar-refractivity contribution in [2.45, 2.75) is 11.4 Å². The molecule has 0 saturated heterocycles. The Bertz CT molecular complexity index is 1180. The van der Waals surface area contributed by atoms with E-state index in [0.717, 1.165) is 0 Å². The predicted molar refractivity (Wildman–Crippen MR) is 120 cm³/mol. The SMILES string of the molecule is COCCN(Cc1ccc(OS(=O)(=O)c2ccc(OC)cc2)cc1)C(=O)c1ccccc1F. The van der Waals surface area contributed by atoms with Gasteiger partial charge in [-0.15, -0.1) is 0 Å². The summed E-state index contributed by atoms with van der Waals surface area (Å²) in [7, 11) is -1.02. The molecule has 7 nitrogen and oxygen atoms in total. The van der Waals surface area contributed by atoms with Gasteiger partial charge in [0, 0.05) is 20.2 Å². The van der Waals surface area contributed by atoms with Crippen LogP contribution in [0.5, 0.6) is 11.5 Å². The summed E-state index contributed by atoms with van der Waals surface area (Å²) >= 11 is 0. The molecule has 3 aromatic carbocycles. The molecule has 0 aromatic heterocycles. The maximum absolute atomic E-state index is 14.1. The molecular weight excluding hydrogens is 449 g/mol. The van der Waals surface area contributed by atoms with E-state index < -0.39 is 21.8 Å². The standard InChI is InChI=1S/C24H24FNO6S/c1-30-16-15-26(24(27)22-5-3-4-6-23(22)25)17-18-7-9-20(10-8-18)32-33(28,29)21-13-11-19(31-2)12-14-21/h3-14H,15-17H2,1-2H3. The molecule has 9 heteroatoms. The third kappa shape index (κ3) is 6.30. The number of nitrogens with zero attached hydrogens (tertiary/aromatic N) is 1. The number of methoxy groups -OCH3 is 2. The molecular formula is C24H24FNO6S. The zero-order valence-corrected chi connectivity index (χ0v) is 19.0. The predicted octanol–water partition coefficient (Wildman–Crippen LogP) is 3.89. The van der Waals surface area contributed by atoms with Gasteiger partial charge in [0.05, 0.1) is 19.3 Å². The van der Waals surface area contributed by atoms with Crippen LogP contribution in [0.1, 0.15) is 15.9 Å². The van der Waals surface area contributed by atoms with Crippen LogP contribution in [-0.4, -0.2) is 46.6 Å². The van der Waals surface area contributed by atoms with E-state index in [1.54, 1.807) is 18.2 Å². The molecule has 0 atom stereocenters. The minimum Gasteiger partial charge on any atom is -0.497 e. The lowest BCUT2D eigenvalue weighted by Crippen LogP contribution is -2.34. The fraction of sp³-hybridized carbons (Fsp3) is 0.208. The summed E-state index contributed by atoms with van der Waals surface area (Å²) in [6, 6.07) is 17.9. The van der Waals surface area contributed by atoms with Crippen molar-refractivity contribution in [2.75, 3.05) is 27.4 Å². The van der Waals surface area contributed by atoms with Crippen LogP contribution in [-0.2, 0) is 21.4 Å². The molecule has 1 amide bonds. The van der Waals surface area contributed by atoms with Crippen molar-refractivity contribution in [1.82, 2.24) is 4.90 Å². The zero-order chi connectivity index (χ0) is 23.8. The van der Waals surface area contributed by atoms with Gasteiger partial charge in [-0.2, -0.15) is 8.42 Å². The zero-order valence-electron chi connectivity index (χ0n) is 18.2. The number of carbonyl (C=O) groups excluding carboxylic acids is 1. The van der Waals surface area contributed by atoms with Crippen LogP contribution >= 0.6 is 0 Å². The molecule has 0 aliphatic rings. The van der Waals surface area contributed by atoms with Gasteiger partial charge < -0.3 is 18.6 Å². The lowest BCUT2D eigenvalue weighted by molar-refractivity contribution is 0.0676. The van der Waals surface area contributed by atoms with Crippen molar-refractivity contribution in [3.05, 3.63) is 89.7 Å². The molecule has 0 N–H and O–H groups in total. The van der Waals surface area contributed by atoms with Gasteiger partial charge >= 0.3 is 10.1 Å². The smallest absolute Gasteiger partial charge is 0.339 e. The highest BCUT2D eigenvalue weighted by molar-refractivity contribution is 7.87. The lowest BCUT2D eigenvalue weighted by atomic mass is 10.1. The summed E-state index contributed by atoms with van der Waals surface area (Å²) < 4.78 is 54.4. The van der Waals surface area contributed by atoms with Gasteiger partial charge in [0.2, 0.25) is 0 Å². The number of carbonyl (C=O) groups is 1. The molecule has 0 heterocycles. The molecule has 33 heavy (non-hydrogen) atoms. The topological polar surface area (TPSA) is 82.1 Å². The molecule has 3 aromatic rings. The van der Waals surface area contributed by atoms with Gasteiger partial charge in [0.1, 0.15) is 22.2 Å². The molecule has 0 spiro atoms. The van der Waals surface area contributed by atoms with Gasteiger partial charge in [-0.05, 0) is 54.1 Å². The van der Waals surface area contributed by atoms with E-state index in [-0.39, 0.29) is 35.9 Å². The largest absolute Gasteiger partial charge is 0.497 e. The summed E-state index contributed by atoms with van der Waals surface area (Å²) in [5.41, 5.74) is 0.684. The van der Waals surface area contributed by atoms with Crippen molar-refractivity contribution in [3.63, 3.8) is 0 Å². The number of hydrogen-bond donors (Lipinski definition) is 0. The Hall–Kier alpha value is -3.43. The van der Waals surface area contributed by atoms with Crippen LogP contribution in [0, 0.1) is 5.82 Å². The fourth-order valence-electron chi connectivity index (χ4n) is 3.05. The number of amides is 1. The summed E-state index contributed by atoms with van der Waals surface area (Å²) in [6.45, 7) is 0.720. The summed E-state index contributed by atoms with van der Waals surface area (Å²) in [6.07, 6.45) is 0. The first-order chi connectivity index (χ1) is 15.8. The second kappa shape index (κ2) is 10.9. The normalized spacial score (nSPS) is 11.1. The maximum Gasteiger partial charge on any atom is 0.339 e. The Kier molecular flexibility index (Phi) is 8.02. The number of benzene rings is 3. The number of hydrogen-bond acceptors (Lipinski definition) is 6. The summed E-state index contributed by atoms with van der Waals surface area (Å²) in [4.78, 5) is 14.3. The van der Waals surface area contributed by atoms with E-state index in [2.05, 4.69) is 0 Å². The Labute approximate surface area is 192 Å². The van der Waals surface area contributed by atoms with Gasteiger partial charge in [-0.3, -0.25) is 4.79 Å². The van der Waals surface area contributed by atoms with E-state index in [0.29, 0.717) is 11.3 Å². The van der Waals surface area contributed by atoms with Gasteiger partial charge in [0.15, 0.2) is 0 Å². The van der Waals surface area contributed by atoms with Crippen LogP contribution < -0.4 is 8.92 Å². The Morgan fingerprint density at radius 3 is 2.15 bits per heavy atom.